The molecule has 1 unspecified atom stereocenters. The van der Waals surface area contributed by atoms with Crippen LogP contribution in [0, 0.1) is 5.82 Å². The molecule has 1 heterocycles. The second-order valence-corrected chi connectivity index (χ2v) is 5.75. The summed E-state index contributed by atoms with van der Waals surface area (Å²) < 4.78 is 14.1. The average Bonchev–Trinajstić information content (AvgIpc) is 3.10. The van der Waals surface area contributed by atoms with Gasteiger partial charge in [0.15, 0.2) is 0 Å². The number of carbonyl (C=O) groups is 1. The third-order valence-corrected chi connectivity index (χ3v) is 3.86. The number of benzene rings is 2. The highest BCUT2D eigenvalue weighted by Gasteiger charge is 2.18. The van der Waals surface area contributed by atoms with Crippen molar-refractivity contribution in [3.8, 4) is 17.1 Å². The Labute approximate surface area is 142 Å². The van der Waals surface area contributed by atoms with Crippen LogP contribution < -0.4 is 5.73 Å². The van der Waals surface area contributed by atoms with Crippen molar-refractivity contribution in [1.29, 1.82) is 0 Å². The van der Waals surface area contributed by atoms with E-state index in [1.165, 1.54) is 12.1 Å². The molecule has 0 bridgehead atoms. The molecule has 3 aromatic rings. The minimum atomic E-state index is -0.478. The van der Waals surface area contributed by atoms with Crippen molar-refractivity contribution < 1.29 is 14.3 Å². The van der Waals surface area contributed by atoms with Crippen LogP contribution in [0.1, 0.15) is 23.5 Å². The summed E-state index contributed by atoms with van der Waals surface area (Å²) in [5, 5.41) is 22.9. The van der Waals surface area contributed by atoms with E-state index in [0.717, 1.165) is 5.56 Å². The zero-order valence-corrected chi connectivity index (χ0v) is 13.2. The smallest absolute Gasteiger partial charge is 0.218 e. The first kappa shape index (κ1) is 16.6. The number of tetrazole rings is 1. The Hall–Kier alpha value is -3.29. The topological polar surface area (TPSA) is 118 Å². The highest BCUT2D eigenvalue weighted by molar-refractivity contribution is 5.75. The van der Waals surface area contributed by atoms with E-state index in [2.05, 4.69) is 20.6 Å². The third-order valence-electron chi connectivity index (χ3n) is 3.86. The first-order chi connectivity index (χ1) is 12.0. The zero-order chi connectivity index (χ0) is 17.8. The minimum Gasteiger partial charge on any atom is -0.508 e. The van der Waals surface area contributed by atoms with Crippen molar-refractivity contribution in [1.82, 2.24) is 20.6 Å². The lowest BCUT2D eigenvalue weighted by Crippen LogP contribution is -2.17. The van der Waals surface area contributed by atoms with E-state index in [9.17, 15) is 14.3 Å². The number of aromatic amines is 1. The van der Waals surface area contributed by atoms with E-state index < -0.39 is 11.7 Å². The molecule has 8 heteroatoms. The number of phenolic OH excluding ortho intramolecular Hbond substituents is 1. The average molecular weight is 341 g/mol. The molecule has 0 aliphatic rings. The molecule has 0 aliphatic carbocycles. The van der Waals surface area contributed by atoms with Gasteiger partial charge in [0, 0.05) is 12.0 Å². The Morgan fingerprint density at radius 3 is 2.64 bits per heavy atom. The molecule has 1 amide bonds. The summed E-state index contributed by atoms with van der Waals surface area (Å²) in [6, 6.07) is 11.0. The van der Waals surface area contributed by atoms with Gasteiger partial charge in [-0.15, -0.1) is 10.2 Å². The summed E-state index contributed by atoms with van der Waals surface area (Å²) in [5.41, 5.74) is 7.34. The second-order valence-electron chi connectivity index (χ2n) is 5.75. The van der Waals surface area contributed by atoms with Crippen molar-refractivity contribution in [2.24, 2.45) is 5.73 Å². The van der Waals surface area contributed by atoms with E-state index in [0.29, 0.717) is 17.5 Å². The van der Waals surface area contributed by atoms with Crippen molar-refractivity contribution in [2.75, 3.05) is 0 Å². The van der Waals surface area contributed by atoms with Crippen LogP contribution in [0.3, 0.4) is 0 Å². The molecule has 0 fully saturated rings. The molecule has 0 radical (unpaired) electrons. The Kier molecular flexibility index (Phi) is 4.69. The molecule has 25 heavy (non-hydrogen) atoms. The van der Waals surface area contributed by atoms with Gasteiger partial charge < -0.3 is 10.8 Å². The van der Waals surface area contributed by atoms with Crippen molar-refractivity contribution in [2.45, 2.75) is 18.8 Å². The zero-order valence-electron chi connectivity index (χ0n) is 13.2. The summed E-state index contributed by atoms with van der Waals surface area (Å²) >= 11 is 0. The number of halogens is 1. The van der Waals surface area contributed by atoms with Crippen LogP contribution >= 0.6 is 0 Å². The maximum absolute atomic E-state index is 14.1. The molecule has 4 N–H and O–H groups in total. The highest BCUT2D eigenvalue weighted by Crippen LogP contribution is 2.29. The van der Waals surface area contributed by atoms with E-state index >= 15 is 0 Å². The lowest BCUT2D eigenvalue weighted by atomic mass is 9.88. The molecule has 1 aromatic heterocycles. The molecule has 0 spiro atoms. The number of phenols is 1. The molecule has 128 valence electrons. The van der Waals surface area contributed by atoms with E-state index in [1.807, 2.05) is 0 Å². The van der Waals surface area contributed by atoms with E-state index in [1.54, 1.807) is 30.3 Å². The Bertz CT molecular complexity index is 865. The molecule has 3 rings (SSSR count). The standard InChI is InChI=1S/C17H16FN5O2/c18-14-7-12(6-13(8-14)17-20-22-23-21-17)11(9-16(19)25)5-10-1-3-15(24)4-2-10/h1-4,6-8,11,24H,5,9H2,(H2,19,25)(H,20,21,22,23). The Morgan fingerprint density at radius 2 is 2.00 bits per heavy atom. The number of H-pyrrole nitrogens is 1. The van der Waals surface area contributed by atoms with Crippen molar-refractivity contribution >= 4 is 5.91 Å². The number of nitrogens with zero attached hydrogens (tertiary/aromatic N) is 3. The molecule has 0 aliphatic heterocycles. The van der Waals surface area contributed by atoms with Crippen molar-refractivity contribution in [3.05, 3.63) is 59.4 Å². The lowest BCUT2D eigenvalue weighted by Gasteiger charge is -2.17. The van der Waals surface area contributed by atoms with Gasteiger partial charge in [-0.25, -0.2) is 4.39 Å². The number of aromatic nitrogens is 4. The van der Waals surface area contributed by atoms with Gasteiger partial charge in [0.25, 0.3) is 0 Å². The minimum absolute atomic E-state index is 0.0655. The van der Waals surface area contributed by atoms with E-state index in [4.69, 9.17) is 5.73 Å². The predicted octanol–water partition coefficient (Wildman–Crippen LogP) is 1.91. The van der Waals surface area contributed by atoms with Crippen LogP contribution in [-0.2, 0) is 11.2 Å². The van der Waals surface area contributed by atoms with Crippen molar-refractivity contribution in [3.63, 3.8) is 0 Å². The number of nitrogens with one attached hydrogen (secondary N) is 1. The largest absolute Gasteiger partial charge is 0.508 e. The predicted molar refractivity (Wildman–Crippen MR) is 87.9 cm³/mol. The maximum atomic E-state index is 14.1. The monoisotopic (exact) mass is 341 g/mol. The van der Waals surface area contributed by atoms with Crippen LogP contribution in [0.25, 0.3) is 11.4 Å². The molecule has 2 aromatic carbocycles. The van der Waals surface area contributed by atoms with Gasteiger partial charge in [0.2, 0.25) is 11.7 Å². The number of primary amides is 1. The first-order valence-electron chi connectivity index (χ1n) is 7.62. The van der Waals surface area contributed by atoms with Gasteiger partial charge in [0.1, 0.15) is 11.6 Å². The van der Waals surface area contributed by atoms with Crippen LogP contribution in [0.15, 0.2) is 42.5 Å². The van der Waals surface area contributed by atoms with Crippen LogP contribution in [0.2, 0.25) is 0 Å². The fourth-order valence-corrected chi connectivity index (χ4v) is 2.73. The number of aromatic hydroxyl groups is 1. The quantitative estimate of drug-likeness (QED) is 0.633. The fraction of sp³-hybridized carbons (Fsp3) is 0.176. The second kappa shape index (κ2) is 7.08. The summed E-state index contributed by atoms with van der Waals surface area (Å²) in [7, 11) is 0. The van der Waals surface area contributed by atoms with Crippen LogP contribution in [-0.4, -0.2) is 31.6 Å². The van der Waals surface area contributed by atoms with Gasteiger partial charge >= 0.3 is 0 Å². The molecule has 7 nitrogen and oxygen atoms in total. The first-order valence-corrected chi connectivity index (χ1v) is 7.62. The Morgan fingerprint density at radius 1 is 1.24 bits per heavy atom. The third kappa shape index (κ3) is 4.17. The maximum Gasteiger partial charge on any atom is 0.218 e. The number of carbonyl (C=O) groups excluding carboxylic acids is 1. The highest BCUT2D eigenvalue weighted by atomic mass is 19.1. The van der Waals surface area contributed by atoms with Crippen LogP contribution in [0.4, 0.5) is 4.39 Å². The number of rotatable bonds is 6. The van der Waals surface area contributed by atoms with Gasteiger partial charge in [-0.05, 0) is 59.0 Å². The number of amides is 1. The number of hydrogen-bond donors (Lipinski definition) is 3. The lowest BCUT2D eigenvalue weighted by molar-refractivity contribution is -0.118. The summed E-state index contributed by atoms with van der Waals surface area (Å²) in [5.74, 6) is -0.835. The fourth-order valence-electron chi connectivity index (χ4n) is 2.73. The molecular weight excluding hydrogens is 325 g/mol. The molecular formula is C17H16FN5O2. The SMILES string of the molecule is NC(=O)CC(Cc1ccc(O)cc1)c1cc(F)cc(-c2nn[nH]n2)c1. The Balaban J connectivity index is 1.95. The normalized spacial score (nSPS) is 12.0. The summed E-state index contributed by atoms with van der Waals surface area (Å²) in [6.45, 7) is 0. The molecule has 0 saturated heterocycles. The number of nitrogens with two attached hydrogens (primary N) is 1. The summed E-state index contributed by atoms with van der Waals surface area (Å²) in [4.78, 5) is 11.5. The van der Waals surface area contributed by atoms with Gasteiger partial charge in [-0.2, -0.15) is 5.21 Å². The van der Waals surface area contributed by atoms with E-state index in [-0.39, 0.29) is 23.9 Å². The molecule has 1 atom stereocenters. The van der Waals surface area contributed by atoms with Gasteiger partial charge in [-0.1, -0.05) is 12.1 Å². The summed E-state index contributed by atoms with van der Waals surface area (Å²) in [6.07, 6.45) is 0.536. The number of hydrogen-bond acceptors (Lipinski definition) is 5. The van der Waals surface area contributed by atoms with Gasteiger partial charge in [0.05, 0.1) is 0 Å². The van der Waals surface area contributed by atoms with Gasteiger partial charge in [-0.3, -0.25) is 4.79 Å². The molecule has 0 saturated carbocycles. The van der Waals surface area contributed by atoms with Crippen LogP contribution in [0.5, 0.6) is 5.75 Å².